The van der Waals surface area contributed by atoms with Gasteiger partial charge < -0.3 is 14.0 Å². The normalized spacial score (nSPS) is 11.1. The summed E-state index contributed by atoms with van der Waals surface area (Å²) in [6.45, 7) is 1.67. The van der Waals surface area contributed by atoms with Gasteiger partial charge in [0.2, 0.25) is 11.6 Å². The number of hydrogen-bond donors (Lipinski definition) is 1. The Kier molecular flexibility index (Phi) is 7.62. The molecular formula is C20H17Br2N7O4. The van der Waals surface area contributed by atoms with Crippen molar-refractivity contribution in [2.75, 3.05) is 18.7 Å². The molecule has 1 aromatic carbocycles. The quantitative estimate of drug-likeness (QED) is 0.344. The number of fused-ring (bicyclic) bond motifs is 1. The molecule has 3 rings (SSSR count). The molecular weight excluding hydrogens is 562 g/mol. The summed E-state index contributed by atoms with van der Waals surface area (Å²) in [6, 6.07) is 6.89. The smallest absolute Gasteiger partial charge is 0.414 e. The standard InChI is InChI=1S/C20H17Br2N7O4/c1-4-32-20(31)26-18(30)15(9-23)27-29(3)11-7-13(21)16(14(22)8-11)33-19-12-5-6-28(2)17(12)24-10-25-19/h5-8,10H,4H2,1-3H3,(H,26,30,31)/b27-15+. The summed E-state index contributed by atoms with van der Waals surface area (Å²) in [7, 11) is 3.42. The van der Waals surface area contributed by atoms with Gasteiger partial charge in [0.05, 0.1) is 26.6 Å². The van der Waals surface area contributed by atoms with Gasteiger partial charge in [0.15, 0.2) is 5.75 Å². The van der Waals surface area contributed by atoms with Gasteiger partial charge in [0.25, 0.3) is 5.91 Å². The molecule has 2 heterocycles. The first kappa shape index (κ1) is 24.1. The summed E-state index contributed by atoms with van der Waals surface area (Å²) < 4.78 is 13.6. The molecule has 170 valence electrons. The second-order valence-corrected chi connectivity index (χ2v) is 8.15. The van der Waals surface area contributed by atoms with Gasteiger partial charge in [-0.1, -0.05) is 0 Å². The van der Waals surface area contributed by atoms with Gasteiger partial charge in [-0.3, -0.25) is 15.1 Å². The molecule has 2 aromatic heterocycles. The number of alkyl carbamates (subject to hydrolysis) is 1. The van der Waals surface area contributed by atoms with E-state index in [1.807, 2.05) is 29.2 Å². The topological polar surface area (TPSA) is 135 Å². The van der Waals surface area contributed by atoms with Crippen molar-refractivity contribution in [1.82, 2.24) is 19.9 Å². The van der Waals surface area contributed by atoms with Crippen LogP contribution < -0.4 is 15.1 Å². The van der Waals surface area contributed by atoms with E-state index in [0.717, 1.165) is 11.0 Å². The van der Waals surface area contributed by atoms with Crippen LogP contribution in [0.15, 0.2) is 44.8 Å². The number of anilines is 1. The SMILES string of the molecule is CCOC(=O)NC(=O)/C(C#N)=N/N(C)c1cc(Br)c(Oc2ncnc3c2ccn3C)c(Br)c1. The highest BCUT2D eigenvalue weighted by Crippen LogP contribution is 2.40. The highest BCUT2D eigenvalue weighted by atomic mass is 79.9. The maximum atomic E-state index is 12.1. The Morgan fingerprint density at radius 3 is 2.64 bits per heavy atom. The zero-order valence-corrected chi connectivity index (χ0v) is 20.8. The number of nitrogens with one attached hydrogen (secondary N) is 1. The van der Waals surface area contributed by atoms with Crippen molar-refractivity contribution in [2.45, 2.75) is 6.92 Å². The maximum absolute atomic E-state index is 12.1. The second kappa shape index (κ2) is 10.4. The number of hydrogen-bond acceptors (Lipinski definition) is 9. The minimum Gasteiger partial charge on any atom is -0.450 e. The predicted molar refractivity (Wildman–Crippen MR) is 127 cm³/mol. The second-order valence-electron chi connectivity index (χ2n) is 6.44. The molecule has 0 bridgehead atoms. The Morgan fingerprint density at radius 2 is 2.00 bits per heavy atom. The molecule has 0 aliphatic rings. The molecule has 0 radical (unpaired) electrons. The van der Waals surface area contributed by atoms with E-state index < -0.39 is 17.7 Å². The minimum absolute atomic E-state index is 0.0827. The molecule has 0 atom stereocenters. The fourth-order valence-electron chi connectivity index (χ4n) is 2.71. The number of nitriles is 1. The summed E-state index contributed by atoms with van der Waals surface area (Å²) >= 11 is 6.94. The fourth-order valence-corrected chi connectivity index (χ4v) is 4.03. The van der Waals surface area contributed by atoms with Crippen molar-refractivity contribution >= 4 is 66.3 Å². The first-order valence-corrected chi connectivity index (χ1v) is 11.0. The van der Waals surface area contributed by atoms with Gasteiger partial charge >= 0.3 is 6.09 Å². The molecule has 33 heavy (non-hydrogen) atoms. The number of hydrazone groups is 1. The van der Waals surface area contributed by atoms with Gasteiger partial charge in [-0.05, 0) is 57.0 Å². The number of aromatic nitrogens is 3. The average Bonchev–Trinajstić information content (AvgIpc) is 3.15. The third kappa shape index (κ3) is 5.47. The van der Waals surface area contributed by atoms with Crippen LogP contribution in [0.4, 0.5) is 10.5 Å². The molecule has 0 saturated carbocycles. The average molecular weight is 579 g/mol. The Morgan fingerprint density at radius 1 is 1.30 bits per heavy atom. The van der Waals surface area contributed by atoms with Crippen LogP contribution in [-0.2, 0) is 16.6 Å². The number of carbonyl (C=O) groups excluding carboxylic acids is 2. The molecule has 3 aromatic rings. The summed E-state index contributed by atoms with van der Waals surface area (Å²) in [5.41, 5.74) is 0.721. The fraction of sp³-hybridized carbons (Fsp3) is 0.200. The van der Waals surface area contributed by atoms with E-state index in [2.05, 4.69) is 51.7 Å². The van der Waals surface area contributed by atoms with Gasteiger partial charge in [-0.25, -0.2) is 14.8 Å². The van der Waals surface area contributed by atoms with Crippen molar-refractivity contribution in [3.63, 3.8) is 0 Å². The number of rotatable bonds is 6. The van der Waals surface area contributed by atoms with E-state index in [4.69, 9.17) is 4.74 Å². The molecule has 0 spiro atoms. The number of imide groups is 1. The lowest BCUT2D eigenvalue weighted by atomic mass is 10.3. The van der Waals surface area contributed by atoms with Gasteiger partial charge in [0, 0.05) is 20.3 Å². The van der Waals surface area contributed by atoms with Crippen LogP contribution in [0.5, 0.6) is 11.6 Å². The third-order valence-electron chi connectivity index (χ3n) is 4.24. The molecule has 2 amide bonds. The van der Waals surface area contributed by atoms with E-state index in [1.54, 1.807) is 32.2 Å². The Bertz CT molecular complexity index is 1280. The highest BCUT2D eigenvalue weighted by Gasteiger charge is 2.19. The van der Waals surface area contributed by atoms with E-state index in [1.165, 1.54) is 11.3 Å². The summed E-state index contributed by atoms with van der Waals surface area (Å²) in [6.07, 6.45) is 2.32. The first-order valence-electron chi connectivity index (χ1n) is 9.38. The number of halogens is 2. The van der Waals surface area contributed by atoms with Crippen molar-refractivity contribution in [1.29, 1.82) is 5.26 Å². The molecule has 11 nitrogen and oxygen atoms in total. The molecule has 13 heteroatoms. The van der Waals surface area contributed by atoms with E-state index in [9.17, 15) is 14.9 Å². The van der Waals surface area contributed by atoms with Crippen LogP contribution in [0.1, 0.15) is 6.92 Å². The zero-order chi connectivity index (χ0) is 24.1. The Labute approximate surface area is 205 Å². The summed E-state index contributed by atoms with van der Waals surface area (Å²) in [4.78, 5) is 32.0. The lowest BCUT2D eigenvalue weighted by Crippen LogP contribution is -2.36. The number of nitrogens with zero attached hydrogens (tertiary/aromatic N) is 6. The van der Waals surface area contributed by atoms with Gasteiger partial charge in [-0.2, -0.15) is 10.4 Å². The number of aryl methyl sites for hydroxylation is 1. The molecule has 0 unspecified atom stereocenters. The summed E-state index contributed by atoms with van der Waals surface area (Å²) in [5.74, 6) is -0.138. The van der Waals surface area contributed by atoms with E-state index in [-0.39, 0.29) is 6.61 Å². The number of ether oxygens (including phenoxy) is 2. The predicted octanol–water partition coefficient (Wildman–Crippen LogP) is 3.87. The molecule has 0 aliphatic carbocycles. The largest absolute Gasteiger partial charge is 0.450 e. The monoisotopic (exact) mass is 577 g/mol. The van der Waals surface area contributed by atoms with Crippen LogP contribution in [0.2, 0.25) is 0 Å². The van der Waals surface area contributed by atoms with Crippen LogP contribution in [0.3, 0.4) is 0 Å². The van der Waals surface area contributed by atoms with E-state index in [0.29, 0.717) is 26.3 Å². The van der Waals surface area contributed by atoms with Crippen molar-refractivity contribution < 1.29 is 19.1 Å². The molecule has 0 saturated heterocycles. The lowest BCUT2D eigenvalue weighted by molar-refractivity contribution is -0.114. The minimum atomic E-state index is -0.975. The van der Waals surface area contributed by atoms with E-state index >= 15 is 0 Å². The van der Waals surface area contributed by atoms with Crippen LogP contribution in [0.25, 0.3) is 11.0 Å². The van der Waals surface area contributed by atoms with Crippen LogP contribution in [-0.4, -0.2) is 45.9 Å². The van der Waals surface area contributed by atoms with Gasteiger partial charge in [0.1, 0.15) is 18.0 Å². The zero-order valence-electron chi connectivity index (χ0n) is 17.7. The highest BCUT2D eigenvalue weighted by molar-refractivity contribution is 9.11. The molecule has 1 N–H and O–H groups in total. The van der Waals surface area contributed by atoms with Crippen molar-refractivity contribution in [2.24, 2.45) is 12.1 Å². The Balaban J connectivity index is 1.85. The maximum Gasteiger partial charge on any atom is 0.414 e. The summed E-state index contributed by atoms with van der Waals surface area (Å²) in [5, 5.41) is 17.2. The van der Waals surface area contributed by atoms with Crippen molar-refractivity contribution in [3.8, 4) is 17.7 Å². The Hall–Kier alpha value is -3.50. The van der Waals surface area contributed by atoms with Crippen LogP contribution in [0, 0.1) is 11.3 Å². The van der Waals surface area contributed by atoms with Crippen LogP contribution >= 0.6 is 31.9 Å². The van der Waals surface area contributed by atoms with Gasteiger partial charge in [-0.15, -0.1) is 0 Å². The lowest BCUT2D eigenvalue weighted by Gasteiger charge is -2.17. The van der Waals surface area contributed by atoms with Crippen molar-refractivity contribution in [3.05, 3.63) is 39.7 Å². The number of benzene rings is 1. The molecule has 0 aliphatic heterocycles. The number of amides is 2. The first-order chi connectivity index (χ1) is 15.7. The molecule has 0 fully saturated rings. The third-order valence-corrected chi connectivity index (χ3v) is 5.42. The number of carbonyl (C=O) groups is 2.